The van der Waals surface area contributed by atoms with E-state index in [-0.39, 0.29) is 17.7 Å². The molecule has 3 N–H and O–H groups in total. The van der Waals surface area contributed by atoms with Crippen LogP contribution in [0.1, 0.15) is 37.5 Å². The van der Waals surface area contributed by atoms with E-state index in [1.807, 2.05) is 0 Å². The van der Waals surface area contributed by atoms with Gasteiger partial charge in [-0.25, -0.2) is 4.79 Å². The molecule has 0 saturated heterocycles. The Morgan fingerprint density at radius 1 is 1.20 bits per heavy atom. The average molecular weight is 273 g/mol. The zero-order valence-electron chi connectivity index (χ0n) is 11.2. The van der Waals surface area contributed by atoms with Crippen molar-refractivity contribution >= 4 is 11.9 Å². The average Bonchev–Trinajstić information content (AvgIpc) is 2.91. The number of hydrogen-bond donors (Lipinski definition) is 3. The van der Waals surface area contributed by atoms with Gasteiger partial charge in [0.15, 0.2) is 0 Å². The zero-order chi connectivity index (χ0) is 14.7. The standard InChI is InChI=1S/C14H15N3O3/c1-8-3-4-9(2)12(14(19)20)11(8)13(18)15-7-10-5-6-16-17-10/h3-6H,7H2,1-2H3,(H,15,18)(H,16,17)(H,19,20). The molecule has 1 aromatic heterocycles. The number of aryl methyl sites for hydroxylation is 2. The first-order chi connectivity index (χ1) is 9.50. The van der Waals surface area contributed by atoms with Crippen LogP contribution in [-0.4, -0.2) is 27.2 Å². The van der Waals surface area contributed by atoms with E-state index in [1.165, 1.54) is 0 Å². The topological polar surface area (TPSA) is 95.1 Å². The third kappa shape index (κ3) is 2.69. The number of aromatic nitrogens is 2. The first kappa shape index (κ1) is 13.8. The van der Waals surface area contributed by atoms with Crippen molar-refractivity contribution in [2.75, 3.05) is 0 Å². The lowest BCUT2D eigenvalue weighted by Crippen LogP contribution is -2.26. The number of carboxylic acid groups (broad SMARTS) is 1. The van der Waals surface area contributed by atoms with Crippen molar-refractivity contribution in [3.63, 3.8) is 0 Å². The van der Waals surface area contributed by atoms with Crippen LogP contribution in [0.5, 0.6) is 0 Å². The van der Waals surface area contributed by atoms with Crippen LogP contribution in [0.2, 0.25) is 0 Å². The molecule has 0 radical (unpaired) electrons. The van der Waals surface area contributed by atoms with Crippen LogP contribution in [0.4, 0.5) is 0 Å². The lowest BCUT2D eigenvalue weighted by molar-refractivity contribution is 0.0690. The molecule has 1 aromatic carbocycles. The van der Waals surface area contributed by atoms with E-state index in [4.69, 9.17) is 0 Å². The van der Waals surface area contributed by atoms with Crippen LogP contribution in [-0.2, 0) is 6.54 Å². The molecule has 1 heterocycles. The summed E-state index contributed by atoms with van der Waals surface area (Å²) in [7, 11) is 0. The molecular weight excluding hydrogens is 258 g/mol. The van der Waals surface area contributed by atoms with Crippen LogP contribution in [0.3, 0.4) is 0 Å². The molecule has 0 aliphatic heterocycles. The van der Waals surface area contributed by atoms with Crippen LogP contribution in [0.15, 0.2) is 24.4 Å². The van der Waals surface area contributed by atoms with Gasteiger partial charge in [-0.1, -0.05) is 12.1 Å². The molecular formula is C14H15N3O3. The highest BCUT2D eigenvalue weighted by molar-refractivity contribution is 6.06. The number of carbonyl (C=O) groups is 2. The largest absolute Gasteiger partial charge is 0.478 e. The molecule has 20 heavy (non-hydrogen) atoms. The van der Waals surface area contributed by atoms with Gasteiger partial charge in [0.2, 0.25) is 0 Å². The summed E-state index contributed by atoms with van der Waals surface area (Å²) in [5, 5.41) is 18.5. The highest BCUT2D eigenvalue weighted by Gasteiger charge is 2.21. The first-order valence-electron chi connectivity index (χ1n) is 6.10. The molecule has 1 amide bonds. The van der Waals surface area contributed by atoms with Crippen molar-refractivity contribution in [1.29, 1.82) is 0 Å². The summed E-state index contributed by atoms with van der Waals surface area (Å²) < 4.78 is 0. The minimum atomic E-state index is -1.10. The fourth-order valence-electron chi connectivity index (χ4n) is 2.03. The number of carboxylic acids is 1. The number of carbonyl (C=O) groups excluding carboxylic acids is 1. The van der Waals surface area contributed by atoms with Crippen molar-refractivity contribution in [3.05, 3.63) is 52.3 Å². The minimum Gasteiger partial charge on any atom is -0.478 e. The Balaban J connectivity index is 2.29. The Kier molecular flexibility index (Phi) is 3.84. The summed E-state index contributed by atoms with van der Waals surface area (Å²) in [6, 6.07) is 5.18. The van der Waals surface area contributed by atoms with Gasteiger partial charge in [0.1, 0.15) is 0 Å². The van der Waals surface area contributed by atoms with E-state index in [0.717, 1.165) is 5.69 Å². The van der Waals surface area contributed by atoms with E-state index >= 15 is 0 Å². The van der Waals surface area contributed by atoms with Gasteiger partial charge < -0.3 is 10.4 Å². The number of rotatable bonds is 4. The van der Waals surface area contributed by atoms with Crippen LogP contribution in [0.25, 0.3) is 0 Å². The summed E-state index contributed by atoms with van der Waals surface area (Å²) in [4.78, 5) is 23.6. The monoisotopic (exact) mass is 273 g/mol. The van der Waals surface area contributed by atoms with E-state index in [1.54, 1.807) is 38.2 Å². The normalized spacial score (nSPS) is 10.3. The molecule has 2 rings (SSSR count). The molecule has 0 fully saturated rings. The molecule has 104 valence electrons. The highest BCUT2D eigenvalue weighted by atomic mass is 16.4. The van der Waals surface area contributed by atoms with Gasteiger partial charge in [-0.15, -0.1) is 0 Å². The number of nitrogens with one attached hydrogen (secondary N) is 2. The van der Waals surface area contributed by atoms with Gasteiger partial charge in [0.05, 0.1) is 23.4 Å². The molecule has 0 aliphatic carbocycles. The third-order valence-corrected chi connectivity index (χ3v) is 3.06. The van der Waals surface area contributed by atoms with Crippen molar-refractivity contribution in [2.24, 2.45) is 0 Å². The fourth-order valence-corrected chi connectivity index (χ4v) is 2.03. The molecule has 0 atom stereocenters. The van der Waals surface area contributed by atoms with Crippen LogP contribution >= 0.6 is 0 Å². The second-order valence-electron chi connectivity index (χ2n) is 4.52. The summed E-state index contributed by atoms with van der Waals surface area (Å²) in [5.74, 6) is -1.50. The van der Waals surface area contributed by atoms with E-state index in [2.05, 4.69) is 15.5 Å². The Labute approximate surface area is 115 Å². The molecule has 0 aliphatic rings. The van der Waals surface area contributed by atoms with Crippen LogP contribution < -0.4 is 5.32 Å². The van der Waals surface area contributed by atoms with Gasteiger partial charge in [-0.05, 0) is 31.0 Å². The number of nitrogens with zero attached hydrogens (tertiary/aromatic N) is 1. The maximum absolute atomic E-state index is 12.2. The molecule has 0 spiro atoms. The Hall–Kier alpha value is -2.63. The SMILES string of the molecule is Cc1ccc(C)c(C(=O)NCc2ccn[nH]2)c1C(=O)O. The molecule has 2 aromatic rings. The van der Waals surface area contributed by atoms with E-state index < -0.39 is 11.9 Å². The molecule has 6 nitrogen and oxygen atoms in total. The molecule has 0 bridgehead atoms. The van der Waals surface area contributed by atoms with Gasteiger partial charge in [-0.2, -0.15) is 5.10 Å². The van der Waals surface area contributed by atoms with Gasteiger partial charge >= 0.3 is 5.97 Å². The number of hydrogen-bond acceptors (Lipinski definition) is 3. The fraction of sp³-hybridized carbons (Fsp3) is 0.214. The van der Waals surface area contributed by atoms with Crippen molar-refractivity contribution < 1.29 is 14.7 Å². The van der Waals surface area contributed by atoms with Gasteiger partial charge in [0.25, 0.3) is 5.91 Å². The number of H-pyrrole nitrogens is 1. The van der Waals surface area contributed by atoms with Crippen LogP contribution in [0, 0.1) is 13.8 Å². The van der Waals surface area contributed by atoms with Crippen molar-refractivity contribution in [1.82, 2.24) is 15.5 Å². The lowest BCUT2D eigenvalue weighted by atomic mass is 9.96. The molecule has 6 heteroatoms. The van der Waals surface area contributed by atoms with Crippen molar-refractivity contribution in [3.8, 4) is 0 Å². The second-order valence-corrected chi connectivity index (χ2v) is 4.52. The quantitative estimate of drug-likeness (QED) is 0.789. The number of amides is 1. The Morgan fingerprint density at radius 3 is 2.40 bits per heavy atom. The lowest BCUT2D eigenvalue weighted by Gasteiger charge is -2.12. The summed E-state index contributed by atoms with van der Waals surface area (Å²) in [6.45, 7) is 3.66. The number of benzene rings is 1. The zero-order valence-corrected chi connectivity index (χ0v) is 11.2. The minimum absolute atomic E-state index is 0.0483. The predicted molar refractivity (Wildman–Crippen MR) is 72.6 cm³/mol. The highest BCUT2D eigenvalue weighted by Crippen LogP contribution is 2.19. The smallest absolute Gasteiger partial charge is 0.336 e. The summed E-state index contributed by atoms with van der Waals surface area (Å²) >= 11 is 0. The van der Waals surface area contributed by atoms with Crippen molar-refractivity contribution in [2.45, 2.75) is 20.4 Å². The molecule has 0 saturated carbocycles. The summed E-state index contributed by atoms with van der Waals surface area (Å²) in [6.07, 6.45) is 1.59. The molecule has 0 unspecified atom stereocenters. The van der Waals surface area contributed by atoms with E-state index in [0.29, 0.717) is 11.1 Å². The number of aromatic carboxylic acids is 1. The van der Waals surface area contributed by atoms with Gasteiger partial charge in [-0.3, -0.25) is 9.89 Å². The predicted octanol–water partition coefficient (Wildman–Crippen LogP) is 1.65. The Morgan fingerprint density at radius 2 is 1.85 bits per heavy atom. The second kappa shape index (κ2) is 5.56. The summed E-state index contributed by atoms with van der Waals surface area (Å²) in [5.41, 5.74) is 2.20. The Bertz CT molecular complexity index is 648. The maximum atomic E-state index is 12.2. The third-order valence-electron chi connectivity index (χ3n) is 3.06. The number of aromatic amines is 1. The van der Waals surface area contributed by atoms with Gasteiger partial charge in [0, 0.05) is 6.20 Å². The first-order valence-corrected chi connectivity index (χ1v) is 6.10. The maximum Gasteiger partial charge on any atom is 0.336 e. The van der Waals surface area contributed by atoms with E-state index in [9.17, 15) is 14.7 Å².